The van der Waals surface area contributed by atoms with Crippen LogP contribution >= 0.6 is 0 Å². The number of benzene rings is 2. The van der Waals surface area contributed by atoms with Crippen LogP contribution in [0.1, 0.15) is 10.4 Å². The summed E-state index contributed by atoms with van der Waals surface area (Å²) in [4.78, 5) is 11.5. The van der Waals surface area contributed by atoms with E-state index in [1.807, 2.05) is 30.3 Å². The van der Waals surface area contributed by atoms with Gasteiger partial charge in [-0.15, -0.1) is 0 Å². The summed E-state index contributed by atoms with van der Waals surface area (Å²) in [6.45, 7) is 0. The van der Waals surface area contributed by atoms with Crippen LogP contribution in [-0.4, -0.2) is 13.1 Å². The van der Waals surface area contributed by atoms with Crippen molar-refractivity contribution in [2.45, 2.75) is 0 Å². The summed E-state index contributed by atoms with van der Waals surface area (Å²) in [7, 11) is 1.35. The maximum atomic E-state index is 11.5. The third-order valence-electron chi connectivity index (χ3n) is 2.35. The molecule has 0 saturated heterocycles. The Bertz CT molecular complexity index is 520. The molecule has 0 saturated carbocycles. The van der Waals surface area contributed by atoms with Gasteiger partial charge in [-0.3, -0.25) is 0 Å². The molecule has 0 aliphatic heterocycles. The second-order valence-corrected chi connectivity index (χ2v) is 3.24. The number of carbonyl (C=O) groups excluding carboxylic acids is 1. The number of nitrogen functional groups attached to an aromatic ring is 1. The highest BCUT2D eigenvalue weighted by Gasteiger charge is 2.13. The fourth-order valence-electron chi connectivity index (χ4n) is 1.62. The van der Waals surface area contributed by atoms with E-state index in [1.165, 1.54) is 7.11 Å². The van der Waals surface area contributed by atoms with Crippen LogP contribution < -0.4 is 5.73 Å². The Kier molecular flexibility index (Phi) is 2.29. The quantitative estimate of drug-likeness (QED) is 0.568. The van der Waals surface area contributed by atoms with Gasteiger partial charge in [-0.1, -0.05) is 30.3 Å². The molecular weight excluding hydrogens is 190 g/mol. The molecule has 2 rings (SSSR count). The molecule has 0 fully saturated rings. The molecule has 3 nitrogen and oxygen atoms in total. The van der Waals surface area contributed by atoms with E-state index >= 15 is 0 Å². The summed E-state index contributed by atoms with van der Waals surface area (Å²) < 4.78 is 4.71. The molecule has 0 spiro atoms. The number of carbonyl (C=O) groups is 1. The number of rotatable bonds is 1. The number of anilines is 1. The minimum Gasteiger partial charge on any atom is -0.465 e. The van der Waals surface area contributed by atoms with Crippen LogP contribution in [0.15, 0.2) is 36.4 Å². The van der Waals surface area contributed by atoms with E-state index in [1.54, 1.807) is 6.07 Å². The predicted molar refractivity (Wildman–Crippen MR) is 59.7 cm³/mol. The Labute approximate surface area is 87.5 Å². The fourth-order valence-corrected chi connectivity index (χ4v) is 1.62. The van der Waals surface area contributed by atoms with Crippen LogP contribution in [0, 0.1) is 0 Å². The summed E-state index contributed by atoms with van der Waals surface area (Å²) in [5, 5.41) is 1.80. The zero-order chi connectivity index (χ0) is 10.8. The van der Waals surface area contributed by atoms with Crippen molar-refractivity contribution in [3.8, 4) is 0 Å². The molecule has 76 valence electrons. The van der Waals surface area contributed by atoms with Gasteiger partial charge in [0.05, 0.1) is 12.7 Å². The molecule has 2 aromatic carbocycles. The molecule has 0 aromatic heterocycles. The van der Waals surface area contributed by atoms with Crippen LogP contribution in [0.25, 0.3) is 10.8 Å². The lowest BCUT2D eigenvalue weighted by Crippen LogP contribution is -2.06. The molecule has 15 heavy (non-hydrogen) atoms. The normalized spacial score (nSPS) is 10.2. The number of nitrogens with two attached hydrogens (primary N) is 1. The molecule has 3 heteroatoms. The Morgan fingerprint density at radius 2 is 1.93 bits per heavy atom. The van der Waals surface area contributed by atoms with Crippen LogP contribution in [0.5, 0.6) is 0 Å². The van der Waals surface area contributed by atoms with Gasteiger partial charge in [0.25, 0.3) is 0 Å². The summed E-state index contributed by atoms with van der Waals surface area (Å²) in [5.41, 5.74) is 6.65. The smallest absolute Gasteiger partial charge is 0.340 e. The summed E-state index contributed by atoms with van der Waals surface area (Å²) in [6.07, 6.45) is 0. The highest BCUT2D eigenvalue weighted by Crippen LogP contribution is 2.24. The molecule has 2 aromatic rings. The first-order valence-electron chi connectivity index (χ1n) is 4.59. The maximum absolute atomic E-state index is 11.5. The van der Waals surface area contributed by atoms with Crippen molar-refractivity contribution in [1.82, 2.24) is 0 Å². The predicted octanol–water partition coefficient (Wildman–Crippen LogP) is 2.21. The van der Waals surface area contributed by atoms with Crippen LogP contribution in [-0.2, 0) is 4.74 Å². The minimum atomic E-state index is -0.399. The van der Waals surface area contributed by atoms with Crippen LogP contribution in [0.4, 0.5) is 5.69 Å². The van der Waals surface area contributed by atoms with E-state index in [-0.39, 0.29) is 0 Å². The van der Waals surface area contributed by atoms with Crippen molar-refractivity contribution < 1.29 is 9.53 Å². The molecule has 0 bridgehead atoms. The lowest BCUT2D eigenvalue weighted by molar-refractivity contribution is 0.0604. The van der Waals surface area contributed by atoms with E-state index < -0.39 is 5.97 Å². The van der Waals surface area contributed by atoms with E-state index in [0.717, 1.165) is 10.8 Å². The lowest BCUT2D eigenvalue weighted by Gasteiger charge is -2.07. The average Bonchev–Trinajstić information content (AvgIpc) is 2.28. The SMILES string of the molecule is COC(=O)c1c(N)ccc2ccccc12. The van der Waals surface area contributed by atoms with Crippen molar-refractivity contribution in [2.75, 3.05) is 12.8 Å². The van der Waals surface area contributed by atoms with Crippen molar-refractivity contribution in [3.63, 3.8) is 0 Å². The Hall–Kier alpha value is -2.03. The number of hydrogen-bond donors (Lipinski definition) is 1. The number of fused-ring (bicyclic) bond motifs is 1. The molecule has 2 N–H and O–H groups in total. The van der Waals surface area contributed by atoms with Gasteiger partial charge in [-0.05, 0) is 16.8 Å². The Morgan fingerprint density at radius 3 is 2.67 bits per heavy atom. The van der Waals surface area contributed by atoms with Gasteiger partial charge < -0.3 is 10.5 Å². The molecular formula is C12H11NO2. The largest absolute Gasteiger partial charge is 0.465 e. The third-order valence-corrected chi connectivity index (χ3v) is 2.35. The van der Waals surface area contributed by atoms with Gasteiger partial charge in [0.15, 0.2) is 0 Å². The number of esters is 1. The van der Waals surface area contributed by atoms with Gasteiger partial charge in [0, 0.05) is 5.69 Å². The maximum Gasteiger partial charge on any atom is 0.340 e. The van der Waals surface area contributed by atoms with Crippen molar-refractivity contribution >= 4 is 22.4 Å². The molecule has 0 heterocycles. The van der Waals surface area contributed by atoms with Gasteiger partial charge in [0.2, 0.25) is 0 Å². The van der Waals surface area contributed by atoms with Gasteiger partial charge in [0.1, 0.15) is 0 Å². The van der Waals surface area contributed by atoms with Gasteiger partial charge in [-0.2, -0.15) is 0 Å². The molecule has 0 aliphatic rings. The highest BCUT2D eigenvalue weighted by molar-refractivity contribution is 6.08. The zero-order valence-corrected chi connectivity index (χ0v) is 8.36. The fraction of sp³-hybridized carbons (Fsp3) is 0.0833. The van der Waals surface area contributed by atoms with E-state index in [0.29, 0.717) is 11.3 Å². The summed E-state index contributed by atoms with van der Waals surface area (Å²) in [6, 6.07) is 11.2. The second kappa shape index (κ2) is 3.61. The highest BCUT2D eigenvalue weighted by atomic mass is 16.5. The molecule has 0 unspecified atom stereocenters. The van der Waals surface area contributed by atoms with E-state index in [4.69, 9.17) is 10.5 Å². The Balaban J connectivity index is 2.79. The molecule has 0 amide bonds. The number of methoxy groups -OCH3 is 1. The van der Waals surface area contributed by atoms with Crippen LogP contribution in [0.3, 0.4) is 0 Å². The summed E-state index contributed by atoms with van der Waals surface area (Å²) >= 11 is 0. The standard InChI is InChI=1S/C12H11NO2/c1-15-12(14)11-9-5-3-2-4-8(9)6-7-10(11)13/h2-7H,13H2,1H3. The molecule has 0 atom stereocenters. The van der Waals surface area contributed by atoms with Crippen molar-refractivity contribution in [3.05, 3.63) is 42.0 Å². The number of hydrogen-bond acceptors (Lipinski definition) is 3. The van der Waals surface area contributed by atoms with E-state index in [2.05, 4.69) is 0 Å². The first-order chi connectivity index (χ1) is 7.24. The minimum absolute atomic E-state index is 0.399. The zero-order valence-electron chi connectivity index (χ0n) is 8.36. The van der Waals surface area contributed by atoms with Crippen molar-refractivity contribution in [2.24, 2.45) is 0 Å². The molecule has 0 radical (unpaired) electrons. The Morgan fingerprint density at radius 1 is 1.20 bits per heavy atom. The lowest BCUT2D eigenvalue weighted by atomic mass is 10.0. The number of ether oxygens (including phenoxy) is 1. The van der Waals surface area contributed by atoms with Crippen LogP contribution in [0.2, 0.25) is 0 Å². The van der Waals surface area contributed by atoms with Crippen molar-refractivity contribution in [1.29, 1.82) is 0 Å². The average molecular weight is 201 g/mol. The molecule has 0 aliphatic carbocycles. The first-order valence-corrected chi connectivity index (χ1v) is 4.59. The second-order valence-electron chi connectivity index (χ2n) is 3.24. The van der Waals surface area contributed by atoms with Gasteiger partial charge >= 0.3 is 5.97 Å². The monoisotopic (exact) mass is 201 g/mol. The summed E-state index contributed by atoms with van der Waals surface area (Å²) in [5.74, 6) is -0.399. The van der Waals surface area contributed by atoms with Gasteiger partial charge in [-0.25, -0.2) is 4.79 Å². The third kappa shape index (κ3) is 1.52. The van der Waals surface area contributed by atoms with E-state index in [9.17, 15) is 4.79 Å². The topological polar surface area (TPSA) is 52.3 Å². The first kappa shape index (κ1) is 9.52.